The summed E-state index contributed by atoms with van der Waals surface area (Å²) in [6, 6.07) is 3.80. The highest BCUT2D eigenvalue weighted by Crippen LogP contribution is 2.59. The Labute approximate surface area is 190 Å². The molecular weight excluding hydrogens is 406 g/mol. The molecule has 0 saturated heterocycles. The minimum atomic E-state index is -1.54. The van der Waals surface area contributed by atoms with E-state index >= 15 is 0 Å². The van der Waals surface area contributed by atoms with Crippen molar-refractivity contribution < 1.29 is 9.53 Å². The van der Waals surface area contributed by atoms with Crippen LogP contribution in [-0.2, 0) is 4.43 Å². The first-order valence-electron chi connectivity index (χ1n) is 12.6. The lowest BCUT2D eigenvalue weighted by Gasteiger charge is -2.49. The molecule has 0 spiro atoms. The van der Waals surface area contributed by atoms with Crippen LogP contribution in [0, 0.1) is 23.2 Å². The minimum Gasteiger partial charge on any atom is -0.414 e. The Morgan fingerprint density at radius 3 is 2.57 bits per heavy atom. The van der Waals surface area contributed by atoms with Crippen molar-refractivity contribution in [3.63, 3.8) is 0 Å². The van der Waals surface area contributed by atoms with Crippen LogP contribution in [0.3, 0.4) is 0 Å². The number of hydrogen-bond donors (Lipinski definition) is 1. The van der Waals surface area contributed by atoms with Crippen molar-refractivity contribution >= 4 is 19.7 Å². The molecule has 1 aromatic heterocycles. The quantitative estimate of drug-likeness (QED) is 0.352. The molecule has 3 rings (SSSR count). The van der Waals surface area contributed by atoms with E-state index in [1.54, 1.807) is 17.5 Å². The van der Waals surface area contributed by atoms with E-state index in [1.807, 2.05) is 5.38 Å². The molecule has 6 unspecified atom stereocenters. The van der Waals surface area contributed by atoms with Crippen LogP contribution in [-0.4, -0.2) is 24.5 Å². The van der Waals surface area contributed by atoms with Crippen molar-refractivity contribution in [2.45, 2.75) is 116 Å². The van der Waals surface area contributed by atoms with E-state index in [4.69, 9.17) is 4.43 Å². The third-order valence-electron chi connectivity index (χ3n) is 9.03. The third kappa shape index (κ3) is 5.05. The largest absolute Gasteiger partial charge is 0.414 e. The van der Waals surface area contributed by atoms with Gasteiger partial charge in [-0.1, -0.05) is 53.9 Å². The third-order valence-corrected chi connectivity index (χ3v) is 14.6. The van der Waals surface area contributed by atoms with Crippen LogP contribution in [0.25, 0.3) is 0 Å². The lowest BCUT2D eigenvalue weighted by molar-refractivity contribution is -0.0205. The van der Waals surface area contributed by atoms with E-state index in [9.17, 15) is 5.11 Å². The molecule has 0 aliphatic heterocycles. The van der Waals surface area contributed by atoms with Crippen LogP contribution < -0.4 is 0 Å². The Hall–Kier alpha value is -0.233. The summed E-state index contributed by atoms with van der Waals surface area (Å²) in [6.45, 7) is 12.2. The fourth-order valence-electron chi connectivity index (χ4n) is 6.91. The number of rotatable bonds is 11. The predicted molar refractivity (Wildman–Crippen MR) is 130 cm³/mol. The van der Waals surface area contributed by atoms with Crippen molar-refractivity contribution in [1.82, 2.24) is 4.98 Å². The van der Waals surface area contributed by atoms with Gasteiger partial charge in [0.1, 0.15) is 11.1 Å². The van der Waals surface area contributed by atoms with Gasteiger partial charge in [0.2, 0.25) is 0 Å². The van der Waals surface area contributed by atoms with Gasteiger partial charge in [-0.3, -0.25) is 0 Å². The van der Waals surface area contributed by atoms with Gasteiger partial charge in [0.05, 0.1) is 0 Å². The van der Waals surface area contributed by atoms with Gasteiger partial charge in [0, 0.05) is 17.7 Å². The summed E-state index contributed by atoms with van der Waals surface area (Å²) in [5.41, 5.74) is 0.450. The molecule has 2 aliphatic carbocycles. The van der Waals surface area contributed by atoms with Gasteiger partial charge in [-0.05, 0) is 73.4 Å². The number of aromatic nitrogens is 1. The van der Waals surface area contributed by atoms with Gasteiger partial charge >= 0.3 is 0 Å². The maximum absolute atomic E-state index is 10.4. The fourth-order valence-corrected chi connectivity index (χ4v) is 10.5. The Bertz CT molecular complexity index is 627. The average molecular weight is 452 g/mol. The van der Waals surface area contributed by atoms with Crippen LogP contribution in [0.15, 0.2) is 11.6 Å². The molecule has 6 atom stereocenters. The summed E-state index contributed by atoms with van der Waals surface area (Å²) in [6.07, 6.45) is 11.8. The monoisotopic (exact) mass is 451 g/mol. The molecular formula is C25H45NO2SSi. The highest BCUT2D eigenvalue weighted by molar-refractivity contribution is 7.09. The number of aliphatic hydroxyl groups is 1. The molecule has 1 N–H and O–H groups in total. The maximum Gasteiger partial charge on any atom is 0.192 e. The number of aliphatic hydroxyl groups excluding tert-OH is 1. The van der Waals surface area contributed by atoms with E-state index in [2.05, 4.69) is 39.6 Å². The van der Waals surface area contributed by atoms with Gasteiger partial charge in [0.25, 0.3) is 0 Å². The molecule has 2 fully saturated rings. The minimum absolute atomic E-state index is 0.383. The summed E-state index contributed by atoms with van der Waals surface area (Å²) < 4.78 is 7.09. The lowest BCUT2D eigenvalue weighted by Crippen LogP contribution is -2.48. The zero-order valence-corrected chi connectivity index (χ0v) is 21.8. The van der Waals surface area contributed by atoms with Crippen molar-refractivity contribution in [1.29, 1.82) is 0 Å². The van der Waals surface area contributed by atoms with Crippen LogP contribution >= 0.6 is 11.3 Å². The van der Waals surface area contributed by atoms with E-state index in [0.717, 1.165) is 35.6 Å². The second kappa shape index (κ2) is 10.6. The summed E-state index contributed by atoms with van der Waals surface area (Å²) in [7, 11) is -1.54. The first kappa shape index (κ1) is 24.4. The summed E-state index contributed by atoms with van der Waals surface area (Å²) in [4.78, 5) is 4.27. The smallest absolute Gasteiger partial charge is 0.192 e. The SMILES string of the molecule is CC[Si](CC)(CC)OC1CCCC2(C)C(C(C)CCCC(O)c3nccs3)CCC12. The topological polar surface area (TPSA) is 42.4 Å². The normalized spacial score (nSPS) is 31.5. The van der Waals surface area contributed by atoms with Crippen LogP contribution in [0.1, 0.15) is 97.1 Å². The second-order valence-electron chi connectivity index (χ2n) is 10.4. The molecule has 172 valence electrons. The molecule has 2 saturated carbocycles. The van der Waals surface area contributed by atoms with Crippen molar-refractivity contribution in [2.75, 3.05) is 0 Å². The zero-order chi connectivity index (χ0) is 21.8. The predicted octanol–water partition coefficient (Wildman–Crippen LogP) is 7.59. The summed E-state index contributed by atoms with van der Waals surface area (Å²) >= 11 is 1.57. The Morgan fingerprint density at radius 1 is 1.20 bits per heavy atom. The highest BCUT2D eigenvalue weighted by atomic mass is 32.1. The maximum atomic E-state index is 10.4. The first-order valence-corrected chi connectivity index (χ1v) is 16.0. The van der Waals surface area contributed by atoms with Crippen LogP contribution in [0.2, 0.25) is 18.1 Å². The molecule has 30 heavy (non-hydrogen) atoms. The Balaban J connectivity index is 1.58. The molecule has 5 heteroatoms. The molecule has 1 heterocycles. The van der Waals surface area contributed by atoms with Gasteiger partial charge in [-0.25, -0.2) is 4.98 Å². The Kier molecular flexibility index (Phi) is 8.62. The standard InChI is InChI=1S/C25H45NO2SSi/c1-6-30(7-2,8-3)28-23-13-10-16-25(5)20(14-15-21(23)25)19(4)11-9-12-22(27)24-26-17-18-29-24/h17-23,27H,6-16H2,1-5H3. The zero-order valence-electron chi connectivity index (χ0n) is 20.0. The number of hydrogen-bond acceptors (Lipinski definition) is 4. The highest BCUT2D eigenvalue weighted by Gasteiger charge is 2.53. The van der Waals surface area contributed by atoms with Crippen molar-refractivity contribution in [3.05, 3.63) is 16.6 Å². The van der Waals surface area contributed by atoms with E-state index < -0.39 is 8.32 Å². The summed E-state index contributed by atoms with van der Waals surface area (Å²) in [5, 5.41) is 13.2. The lowest BCUT2D eigenvalue weighted by atomic mass is 9.61. The average Bonchev–Trinajstić information content (AvgIpc) is 3.40. The number of fused-ring (bicyclic) bond motifs is 1. The summed E-state index contributed by atoms with van der Waals surface area (Å²) in [5.74, 6) is 2.30. The second-order valence-corrected chi connectivity index (χ2v) is 16.0. The molecule has 3 nitrogen and oxygen atoms in total. The Morgan fingerprint density at radius 2 is 1.93 bits per heavy atom. The molecule has 0 amide bonds. The number of thiazole rings is 1. The van der Waals surface area contributed by atoms with Gasteiger partial charge < -0.3 is 9.53 Å². The van der Waals surface area contributed by atoms with Gasteiger partial charge in [0.15, 0.2) is 8.32 Å². The van der Waals surface area contributed by atoms with E-state index in [-0.39, 0.29) is 6.10 Å². The molecule has 2 aliphatic rings. The van der Waals surface area contributed by atoms with Gasteiger partial charge in [-0.15, -0.1) is 11.3 Å². The van der Waals surface area contributed by atoms with Gasteiger partial charge in [-0.2, -0.15) is 0 Å². The molecule has 0 aromatic carbocycles. The van der Waals surface area contributed by atoms with E-state index in [1.165, 1.54) is 56.7 Å². The first-order chi connectivity index (χ1) is 14.4. The van der Waals surface area contributed by atoms with Crippen molar-refractivity contribution in [2.24, 2.45) is 23.2 Å². The van der Waals surface area contributed by atoms with Crippen molar-refractivity contribution in [3.8, 4) is 0 Å². The van der Waals surface area contributed by atoms with Crippen LogP contribution in [0.5, 0.6) is 0 Å². The fraction of sp³-hybridized carbons (Fsp3) is 0.880. The van der Waals surface area contributed by atoms with Crippen LogP contribution in [0.4, 0.5) is 0 Å². The molecule has 0 radical (unpaired) electrons. The molecule has 1 aromatic rings. The number of nitrogens with zero attached hydrogens (tertiary/aromatic N) is 1. The molecule has 0 bridgehead atoms. The van der Waals surface area contributed by atoms with E-state index in [0.29, 0.717) is 11.5 Å².